The second-order valence-electron chi connectivity index (χ2n) is 5.28. The number of hydrogen-bond donors (Lipinski definition) is 4. The van der Waals surface area contributed by atoms with E-state index in [1.807, 2.05) is 0 Å². The molecule has 1 aromatic carbocycles. The number of aliphatic hydroxyl groups excluding tert-OH is 2. The number of nitrogens with zero attached hydrogens (tertiary/aromatic N) is 1. The number of halogens is 1. The molecule has 3 aromatic rings. The van der Waals surface area contributed by atoms with Gasteiger partial charge in [-0.05, 0) is 23.8 Å². The minimum atomic E-state index is -0.704. The molecule has 2 heterocycles. The summed E-state index contributed by atoms with van der Waals surface area (Å²) in [7, 11) is 0. The number of aromatic nitrogens is 1. The summed E-state index contributed by atoms with van der Waals surface area (Å²) in [5.74, 6) is -1.43. The van der Waals surface area contributed by atoms with Crippen LogP contribution in [0.4, 0.5) is 15.8 Å². The molecule has 0 unspecified atom stereocenters. The van der Waals surface area contributed by atoms with Crippen LogP contribution in [-0.2, 0) is 11.4 Å². The summed E-state index contributed by atoms with van der Waals surface area (Å²) in [5, 5.41) is 21.1. The van der Waals surface area contributed by atoms with Crippen LogP contribution < -0.4 is 10.8 Å². The summed E-state index contributed by atoms with van der Waals surface area (Å²) in [6.45, 7) is -0.642. The SMILES string of the molecule is O=C(NOCCO)c1oc2ccncc2c1Nc1ccc(CO)cc1F. The van der Waals surface area contributed by atoms with Crippen molar-refractivity contribution < 1.29 is 28.7 Å². The number of anilines is 2. The minimum absolute atomic E-state index is 0.0897. The molecule has 0 atom stereocenters. The van der Waals surface area contributed by atoms with Gasteiger partial charge in [0.25, 0.3) is 0 Å². The van der Waals surface area contributed by atoms with Gasteiger partial charge in [-0.1, -0.05) is 6.07 Å². The number of nitrogens with one attached hydrogen (secondary N) is 2. The lowest BCUT2D eigenvalue weighted by atomic mass is 10.2. The van der Waals surface area contributed by atoms with Crippen molar-refractivity contribution >= 4 is 28.3 Å². The molecule has 26 heavy (non-hydrogen) atoms. The molecule has 0 radical (unpaired) electrons. The van der Waals surface area contributed by atoms with Crippen LogP contribution in [0.25, 0.3) is 11.0 Å². The molecule has 136 valence electrons. The highest BCUT2D eigenvalue weighted by molar-refractivity contribution is 6.06. The van der Waals surface area contributed by atoms with Crippen LogP contribution in [0.2, 0.25) is 0 Å². The molecule has 0 aliphatic carbocycles. The van der Waals surface area contributed by atoms with Gasteiger partial charge >= 0.3 is 5.91 Å². The molecule has 3 rings (SSSR count). The third-order valence-electron chi connectivity index (χ3n) is 3.53. The number of pyridine rings is 1. The van der Waals surface area contributed by atoms with Crippen LogP contribution in [0.1, 0.15) is 16.1 Å². The third-order valence-corrected chi connectivity index (χ3v) is 3.53. The van der Waals surface area contributed by atoms with Gasteiger partial charge in [0.15, 0.2) is 0 Å². The van der Waals surface area contributed by atoms with E-state index in [2.05, 4.69) is 15.8 Å². The Morgan fingerprint density at radius 2 is 2.15 bits per heavy atom. The third kappa shape index (κ3) is 3.64. The van der Waals surface area contributed by atoms with Crippen LogP contribution in [0.5, 0.6) is 0 Å². The Hall–Kier alpha value is -3.01. The molecule has 4 N–H and O–H groups in total. The summed E-state index contributed by atoms with van der Waals surface area (Å²) >= 11 is 0. The predicted molar refractivity (Wildman–Crippen MR) is 90.1 cm³/mol. The number of furan rings is 1. The normalized spacial score (nSPS) is 10.9. The number of fused-ring (bicyclic) bond motifs is 1. The Labute approximate surface area is 147 Å². The van der Waals surface area contributed by atoms with Crippen molar-refractivity contribution in [1.82, 2.24) is 10.5 Å². The van der Waals surface area contributed by atoms with Gasteiger partial charge in [-0.15, -0.1) is 0 Å². The summed E-state index contributed by atoms with van der Waals surface area (Å²) in [6.07, 6.45) is 2.97. The van der Waals surface area contributed by atoms with Crippen LogP contribution in [0, 0.1) is 5.82 Å². The highest BCUT2D eigenvalue weighted by Crippen LogP contribution is 2.33. The summed E-state index contributed by atoms with van der Waals surface area (Å²) < 4.78 is 19.8. The zero-order valence-electron chi connectivity index (χ0n) is 13.5. The van der Waals surface area contributed by atoms with Crippen molar-refractivity contribution in [2.75, 3.05) is 18.5 Å². The first-order chi connectivity index (χ1) is 12.6. The predicted octanol–water partition coefficient (Wildman–Crippen LogP) is 1.86. The van der Waals surface area contributed by atoms with Gasteiger partial charge < -0.3 is 19.9 Å². The minimum Gasteiger partial charge on any atom is -0.448 e. The van der Waals surface area contributed by atoms with Crippen LogP contribution >= 0.6 is 0 Å². The second-order valence-corrected chi connectivity index (χ2v) is 5.28. The number of amides is 1. The molecule has 0 saturated heterocycles. The topological polar surface area (TPSA) is 117 Å². The number of hydroxylamine groups is 1. The Kier molecular flexibility index (Phi) is 5.42. The number of benzene rings is 1. The molecule has 2 aromatic heterocycles. The second kappa shape index (κ2) is 7.91. The summed E-state index contributed by atoms with van der Waals surface area (Å²) in [5.41, 5.74) is 3.25. The first-order valence-electron chi connectivity index (χ1n) is 7.70. The van der Waals surface area contributed by atoms with E-state index in [-0.39, 0.29) is 37.0 Å². The standard InChI is InChI=1S/C17H16FN3O5/c18-12-7-10(9-23)1-2-13(12)20-15-11-8-19-4-3-14(11)26-16(15)17(24)21-25-6-5-22/h1-4,7-8,20,22-23H,5-6,9H2,(H,21,24). The molecular formula is C17H16FN3O5. The van der Waals surface area contributed by atoms with Gasteiger partial charge in [-0.2, -0.15) is 0 Å². The number of rotatable bonds is 7. The zero-order chi connectivity index (χ0) is 18.5. The Morgan fingerprint density at radius 1 is 1.31 bits per heavy atom. The van der Waals surface area contributed by atoms with E-state index in [0.29, 0.717) is 16.5 Å². The molecule has 8 nitrogen and oxygen atoms in total. The lowest BCUT2D eigenvalue weighted by Crippen LogP contribution is -2.25. The summed E-state index contributed by atoms with van der Waals surface area (Å²) in [4.78, 5) is 21.1. The maximum Gasteiger partial charge on any atom is 0.312 e. The molecule has 0 bridgehead atoms. The van der Waals surface area contributed by atoms with Crippen molar-refractivity contribution in [2.24, 2.45) is 0 Å². The first kappa shape index (κ1) is 17.8. The van der Waals surface area contributed by atoms with Crippen molar-refractivity contribution in [3.05, 3.63) is 53.8 Å². The Morgan fingerprint density at radius 3 is 2.88 bits per heavy atom. The van der Waals surface area contributed by atoms with Crippen molar-refractivity contribution in [3.63, 3.8) is 0 Å². The monoisotopic (exact) mass is 361 g/mol. The van der Waals surface area contributed by atoms with Gasteiger partial charge in [-0.25, -0.2) is 9.87 Å². The van der Waals surface area contributed by atoms with E-state index in [1.54, 1.807) is 12.1 Å². The average molecular weight is 361 g/mol. The molecule has 9 heteroatoms. The molecular weight excluding hydrogens is 345 g/mol. The van der Waals surface area contributed by atoms with Crippen molar-refractivity contribution in [2.45, 2.75) is 6.61 Å². The first-order valence-corrected chi connectivity index (χ1v) is 7.70. The van der Waals surface area contributed by atoms with Gasteiger partial charge in [0, 0.05) is 12.4 Å². The van der Waals surface area contributed by atoms with E-state index >= 15 is 0 Å². The molecule has 0 saturated carbocycles. The van der Waals surface area contributed by atoms with Crippen molar-refractivity contribution in [3.8, 4) is 0 Å². The average Bonchev–Trinajstić information content (AvgIpc) is 3.02. The van der Waals surface area contributed by atoms with Gasteiger partial charge in [0.05, 0.1) is 30.9 Å². The number of aliphatic hydroxyl groups is 2. The highest BCUT2D eigenvalue weighted by Gasteiger charge is 2.22. The Balaban J connectivity index is 1.98. The van der Waals surface area contributed by atoms with Crippen molar-refractivity contribution in [1.29, 1.82) is 0 Å². The zero-order valence-corrected chi connectivity index (χ0v) is 13.5. The van der Waals surface area contributed by atoms with Crippen LogP contribution in [-0.4, -0.2) is 34.3 Å². The largest absolute Gasteiger partial charge is 0.448 e. The molecule has 0 aliphatic rings. The number of carbonyl (C=O) groups is 1. The van der Waals surface area contributed by atoms with E-state index in [1.165, 1.54) is 24.5 Å². The maximum atomic E-state index is 14.2. The highest BCUT2D eigenvalue weighted by atomic mass is 19.1. The molecule has 0 fully saturated rings. The van der Waals surface area contributed by atoms with Gasteiger partial charge in [-0.3, -0.25) is 14.6 Å². The lowest BCUT2D eigenvalue weighted by Gasteiger charge is -2.09. The fourth-order valence-corrected chi connectivity index (χ4v) is 2.33. The summed E-state index contributed by atoms with van der Waals surface area (Å²) in [6, 6.07) is 5.75. The number of carbonyl (C=O) groups excluding carboxylic acids is 1. The van der Waals surface area contributed by atoms with Crippen LogP contribution in [0.3, 0.4) is 0 Å². The fourth-order valence-electron chi connectivity index (χ4n) is 2.33. The maximum absolute atomic E-state index is 14.2. The van der Waals surface area contributed by atoms with Crippen LogP contribution in [0.15, 0.2) is 41.1 Å². The molecule has 0 spiro atoms. The molecule has 0 aliphatic heterocycles. The van der Waals surface area contributed by atoms with E-state index in [9.17, 15) is 9.18 Å². The molecule has 1 amide bonds. The van der Waals surface area contributed by atoms with E-state index in [4.69, 9.17) is 19.5 Å². The van der Waals surface area contributed by atoms with Gasteiger partial charge in [0.2, 0.25) is 5.76 Å². The smallest absolute Gasteiger partial charge is 0.312 e. The van der Waals surface area contributed by atoms with Gasteiger partial charge in [0.1, 0.15) is 17.1 Å². The quantitative estimate of drug-likeness (QED) is 0.375. The number of hydrogen-bond acceptors (Lipinski definition) is 7. The van der Waals surface area contributed by atoms with E-state index < -0.39 is 11.7 Å². The lowest BCUT2D eigenvalue weighted by molar-refractivity contribution is 0.0152. The van der Waals surface area contributed by atoms with E-state index in [0.717, 1.165) is 0 Å². The fraction of sp³-hybridized carbons (Fsp3) is 0.176. The Bertz CT molecular complexity index is 928.